The molecule has 1 aromatic rings. The Morgan fingerprint density at radius 3 is 2.61 bits per heavy atom. The molecule has 1 fully saturated rings. The highest BCUT2D eigenvalue weighted by atomic mass is 16.6. The van der Waals surface area contributed by atoms with Gasteiger partial charge in [0.05, 0.1) is 6.54 Å². The number of benzene rings is 1. The molecule has 2 unspecified atom stereocenters. The molecule has 152 valence electrons. The van der Waals surface area contributed by atoms with Crippen molar-refractivity contribution in [1.82, 2.24) is 10.6 Å². The monoisotopic (exact) mass is 390 g/mol. The Morgan fingerprint density at radius 1 is 1.18 bits per heavy atom. The van der Waals surface area contributed by atoms with Gasteiger partial charge in [-0.25, -0.2) is 4.79 Å². The molecule has 1 aliphatic heterocycles. The van der Waals surface area contributed by atoms with Crippen molar-refractivity contribution in [3.8, 4) is 11.5 Å². The molecule has 1 saturated carbocycles. The van der Waals surface area contributed by atoms with Crippen LogP contribution in [0.15, 0.2) is 24.3 Å². The Morgan fingerprint density at radius 2 is 1.89 bits per heavy atom. The summed E-state index contributed by atoms with van der Waals surface area (Å²) in [5, 5.41) is 5.34. The van der Waals surface area contributed by atoms with Gasteiger partial charge in [-0.15, -0.1) is 0 Å². The fourth-order valence-corrected chi connectivity index (χ4v) is 3.55. The minimum Gasteiger partial charge on any atom is -0.486 e. The van der Waals surface area contributed by atoms with E-state index >= 15 is 0 Å². The molecule has 8 heteroatoms. The molecule has 2 N–H and O–H groups in total. The summed E-state index contributed by atoms with van der Waals surface area (Å²) in [6, 6.07) is 6.63. The molecular weight excluding hydrogens is 364 g/mol. The first kappa shape index (κ1) is 20.0. The lowest BCUT2D eigenvalue weighted by Gasteiger charge is -2.26. The number of carbonyl (C=O) groups is 3. The van der Waals surface area contributed by atoms with E-state index in [4.69, 9.17) is 14.2 Å². The summed E-state index contributed by atoms with van der Waals surface area (Å²) in [6.07, 6.45) is 3.47. The molecule has 28 heavy (non-hydrogen) atoms. The number of hydrogen-bond donors (Lipinski definition) is 2. The molecule has 1 aliphatic carbocycles. The highest BCUT2D eigenvalue weighted by molar-refractivity contribution is 5.86. The molecule has 0 aromatic heterocycles. The van der Waals surface area contributed by atoms with Crippen molar-refractivity contribution < 1.29 is 28.6 Å². The lowest BCUT2D eigenvalue weighted by molar-refractivity contribution is -0.153. The summed E-state index contributed by atoms with van der Waals surface area (Å²) in [4.78, 5) is 35.8. The van der Waals surface area contributed by atoms with E-state index in [0.29, 0.717) is 18.1 Å². The van der Waals surface area contributed by atoms with E-state index in [1.54, 1.807) is 6.07 Å². The standard InChI is InChI=1S/C20H26N2O6/c1-13(23)22-19(14-6-2-3-7-14)20(25)27-12-18(24)21-10-15-11-26-16-8-4-5-9-17(16)28-15/h4-5,8-9,14-15,19H,2-3,6-7,10-12H2,1H3,(H,21,24)(H,22,23). The molecular formula is C20H26N2O6. The number of fused-ring (bicyclic) bond motifs is 1. The summed E-state index contributed by atoms with van der Waals surface area (Å²) >= 11 is 0. The summed E-state index contributed by atoms with van der Waals surface area (Å²) in [5.74, 6) is 0.0941. The van der Waals surface area contributed by atoms with E-state index in [9.17, 15) is 14.4 Å². The smallest absolute Gasteiger partial charge is 0.329 e. The van der Waals surface area contributed by atoms with Crippen LogP contribution >= 0.6 is 0 Å². The first-order valence-corrected chi connectivity index (χ1v) is 9.62. The van der Waals surface area contributed by atoms with Gasteiger partial charge in [0.25, 0.3) is 5.91 Å². The zero-order valence-electron chi connectivity index (χ0n) is 15.9. The third-order valence-electron chi connectivity index (χ3n) is 4.92. The number of esters is 1. The van der Waals surface area contributed by atoms with Crippen LogP contribution in [0.5, 0.6) is 11.5 Å². The topological polar surface area (TPSA) is 103 Å². The third kappa shape index (κ3) is 5.37. The molecule has 0 spiro atoms. The molecule has 3 rings (SSSR count). The van der Waals surface area contributed by atoms with E-state index < -0.39 is 24.5 Å². The number of amides is 2. The van der Waals surface area contributed by atoms with E-state index in [1.165, 1.54) is 6.92 Å². The molecule has 0 radical (unpaired) electrons. The number of para-hydroxylation sites is 2. The summed E-state index contributed by atoms with van der Waals surface area (Å²) in [5.41, 5.74) is 0. The number of ether oxygens (including phenoxy) is 3. The molecule has 1 heterocycles. The van der Waals surface area contributed by atoms with Crippen molar-refractivity contribution in [3.05, 3.63) is 24.3 Å². The highest BCUT2D eigenvalue weighted by Crippen LogP contribution is 2.30. The minimum absolute atomic E-state index is 0.0623. The number of carbonyl (C=O) groups excluding carboxylic acids is 3. The second-order valence-electron chi connectivity index (χ2n) is 7.13. The van der Waals surface area contributed by atoms with Crippen molar-refractivity contribution in [1.29, 1.82) is 0 Å². The highest BCUT2D eigenvalue weighted by Gasteiger charge is 2.33. The summed E-state index contributed by atoms with van der Waals surface area (Å²) in [6.45, 7) is 1.53. The average molecular weight is 390 g/mol. The van der Waals surface area contributed by atoms with E-state index in [0.717, 1.165) is 25.7 Å². The van der Waals surface area contributed by atoms with Gasteiger partial charge in [-0.3, -0.25) is 9.59 Å². The van der Waals surface area contributed by atoms with Crippen molar-refractivity contribution in [3.63, 3.8) is 0 Å². The van der Waals surface area contributed by atoms with Crippen LogP contribution in [0.4, 0.5) is 0 Å². The van der Waals surface area contributed by atoms with Gasteiger partial charge in [-0.05, 0) is 30.9 Å². The van der Waals surface area contributed by atoms with Crippen LogP contribution in [-0.4, -0.2) is 49.7 Å². The molecule has 0 saturated heterocycles. The maximum absolute atomic E-state index is 12.4. The second-order valence-corrected chi connectivity index (χ2v) is 7.13. The van der Waals surface area contributed by atoms with Crippen LogP contribution in [0.1, 0.15) is 32.6 Å². The number of nitrogens with one attached hydrogen (secondary N) is 2. The van der Waals surface area contributed by atoms with Gasteiger partial charge < -0.3 is 24.8 Å². The molecule has 8 nitrogen and oxygen atoms in total. The van der Waals surface area contributed by atoms with Crippen molar-refractivity contribution in [2.24, 2.45) is 5.92 Å². The third-order valence-corrected chi connectivity index (χ3v) is 4.92. The lowest BCUT2D eigenvalue weighted by atomic mass is 9.98. The van der Waals surface area contributed by atoms with Gasteiger partial charge in [-0.2, -0.15) is 0 Å². The van der Waals surface area contributed by atoms with Gasteiger partial charge >= 0.3 is 5.97 Å². The van der Waals surface area contributed by atoms with Gasteiger partial charge in [0, 0.05) is 6.92 Å². The fourth-order valence-electron chi connectivity index (χ4n) is 3.55. The van der Waals surface area contributed by atoms with Crippen LogP contribution < -0.4 is 20.1 Å². The van der Waals surface area contributed by atoms with Crippen molar-refractivity contribution >= 4 is 17.8 Å². The number of hydrogen-bond acceptors (Lipinski definition) is 6. The Kier molecular flexibility index (Phi) is 6.73. The molecule has 2 aliphatic rings. The summed E-state index contributed by atoms with van der Waals surface area (Å²) in [7, 11) is 0. The number of rotatable bonds is 7. The van der Waals surface area contributed by atoms with Gasteiger partial charge in [0.1, 0.15) is 18.8 Å². The van der Waals surface area contributed by atoms with Crippen molar-refractivity contribution in [2.45, 2.75) is 44.8 Å². The largest absolute Gasteiger partial charge is 0.486 e. The Balaban J connectivity index is 1.42. The predicted octanol–water partition coefficient (Wildman–Crippen LogP) is 1.18. The second kappa shape index (κ2) is 9.43. The van der Waals surface area contributed by atoms with Gasteiger partial charge in [0.2, 0.25) is 5.91 Å². The van der Waals surface area contributed by atoms with Crippen molar-refractivity contribution in [2.75, 3.05) is 19.8 Å². The minimum atomic E-state index is -0.695. The van der Waals surface area contributed by atoms with Gasteiger partial charge in [0.15, 0.2) is 18.1 Å². The molecule has 1 aromatic carbocycles. The van der Waals surface area contributed by atoms with Crippen LogP contribution in [-0.2, 0) is 19.1 Å². The van der Waals surface area contributed by atoms with Crippen LogP contribution in [0, 0.1) is 5.92 Å². The average Bonchev–Trinajstić information content (AvgIpc) is 3.22. The van der Waals surface area contributed by atoms with Crippen LogP contribution in [0.3, 0.4) is 0 Å². The molecule has 2 amide bonds. The van der Waals surface area contributed by atoms with E-state index in [2.05, 4.69) is 10.6 Å². The van der Waals surface area contributed by atoms with Gasteiger partial charge in [-0.1, -0.05) is 25.0 Å². The molecule has 2 atom stereocenters. The summed E-state index contributed by atoms with van der Waals surface area (Å²) < 4.78 is 16.5. The normalized spacial score (nSPS) is 19.5. The maximum atomic E-state index is 12.4. The zero-order valence-corrected chi connectivity index (χ0v) is 15.9. The van der Waals surface area contributed by atoms with E-state index in [1.807, 2.05) is 18.2 Å². The molecule has 0 bridgehead atoms. The lowest BCUT2D eigenvalue weighted by Crippen LogP contribution is -2.47. The maximum Gasteiger partial charge on any atom is 0.329 e. The Hall–Kier alpha value is -2.77. The Bertz CT molecular complexity index is 716. The first-order chi connectivity index (χ1) is 13.5. The van der Waals surface area contributed by atoms with Crippen LogP contribution in [0.2, 0.25) is 0 Å². The Labute approximate surface area is 163 Å². The predicted molar refractivity (Wildman–Crippen MR) is 99.9 cm³/mol. The zero-order chi connectivity index (χ0) is 19.9. The SMILES string of the molecule is CC(=O)NC(C(=O)OCC(=O)NCC1COc2ccccc2O1)C1CCCC1. The van der Waals surface area contributed by atoms with Crippen LogP contribution in [0.25, 0.3) is 0 Å². The quantitative estimate of drug-likeness (QED) is 0.678. The first-order valence-electron chi connectivity index (χ1n) is 9.62. The van der Waals surface area contributed by atoms with E-state index in [-0.39, 0.29) is 24.5 Å². The fraction of sp³-hybridized carbons (Fsp3) is 0.550.